The lowest BCUT2D eigenvalue weighted by Gasteiger charge is -2.44. The Kier molecular flexibility index (Phi) is 4.78. The molecule has 0 unspecified atom stereocenters. The Bertz CT molecular complexity index is 511. The van der Waals surface area contributed by atoms with Gasteiger partial charge in [0, 0.05) is 36.1 Å². The van der Waals surface area contributed by atoms with E-state index in [1.165, 1.54) is 13.0 Å². The maximum absolute atomic E-state index is 14.2. The van der Waals surface area contributed by atoms with Crippen molar-refractivity contribution in [3.8, 4) is 0 Å². The fraction of sp³-hybridized carbons (Fsp3) is 0.500. The molecule has 0 spiro atoms. The van der Waals surface area contributed by atoms with Crippen LogP contribution in [0.5, 0.6) is 0 Å². The first-order valence-corrected chi connectivity index (χ1v) is 7.22. The number of amides is 1. The quantitative estimate of drug-likeness (QED) is 0.880. The van der Waals surface area contributed by atoms with E-state index in [4.69, 9.17) is 4.74 Å². The molecule has 20 heavy (non-hydrogen) atoms. The number of aliphatic hydroxyl groups is 1. The molecule has 1 amide bonds. The third kappa shape index (κ3) is 2.87. The minimum atomic E-state index is -1.04. The molecule has 4 nitrogen and oxygen atoms in total. The summed E-state index contributed by atoms with van der Waals surface area (Å²) in [5.74, 6) is -0.997. The highest BCUT2D eigenvalue weighted by atomic mass is 79.9. The second-order valence-corrected chi connectivity index (χ2v) is 5.91. The van der Waals surface area contributed by atoms with Crippen molar-refractivity contribution in [3.05, 3.63) is 34.1 Å². The van der Waals surface area contributed by atoms with Crippen LogP contribution in [-0.2, 0) is 15.1 Å². The molecule has 1 aliphatic heterocycles. The van der Waals surface area contributed by atoms with Crippen LogP contribution < -0.4 is 5.32 Å². The van der Waals surface area contributed by atoms with Gasteiger partial charge in [0.2, 0.25) is 5.91 Å². The van der Waals surface area contributed by atoms with E-state index in [0.717, 1.165) is 0 Å². The van der Waals surface area contributed by atoms with Gasteiger partial charge in [0.1, 0.15) is 5.82 Å². The van der Waals surface area contributed by atoms with Gasteiger partial charge in [-0.15, -0.1) is 0 Å². The first-order valence-electron chi connectivity index (χ1n) is 6.42. The average molecular weight is 346 g/mol. The summed E-state index contributed by atoms with van der Waals surface area (Å²) >= 11 is 3.31. The van der Waals surface area contributed by atoms with Crippen molar-refractivity contribution in [2.24, 2.45) is 5.92 Å². The van der Waals surface area contributed by atoms with Gasteiger partial charge in [-0.3, -0.25) is 4.79 Å². The zero-order valence-corrected chi connectivity index (χ0v) is 12.7. The van der Waals surface area contributed by atoms with Gasteiger partial charge in [-0.05, 0) is 24.6 Å². The molecule has 1 fully saturated rings. The number of rotatable bonds is 3. The molecule has 0 aromatic heterocycles. The molecule has 2 rings (SSSR count). The number of halogens is 2. The number of ether oxygens (including phenoxy) is 1. The lowest BCUT2D eigenvalue weighted by Crippen LogP contribution is -2.57. The topological polar surface area (TPSA) is 58.6 Å². The number of hydrogen-bond donors (Lipinski definition) is 2. The van der Waals surface area contributed by atoms with E-state index in [2.05, 4.69) is 21.2 Å². The number of hydrogen-bond acceptors (Lipinski definition) is 3. The smallest absolute Gasteiger partial charge is 0.217 e. The summed E-state index contributed by atoms with van der Waals surface area (Å²) in [6, 6.07) is 4.56. The molecule has 1 heterocycles. The van der Waals surface area contributed by atoms with Gasteiger partial charge in [0.15, 0.2) is 0 Å². The normalized spacial score (nSPS) is 26.3. The molecular weight excluding hydrogens is 329 g/mol. The average Bonchev–Trinajstić information content (AvgIpc) is 2.41. The Morgan fingerprint density at radius 1 is 1.65 bits per heavy atom. The first kappa shape index (κ1) is 15.4. The molecule has 1 aliphatic rings. The fourth-order valence-corrected chi connectivity index (χ4v) is 3.09. The van der Waals surface area contributed by atoms with E-state index in [1.54, 1.807) is 12.1 Å². The maximum atomic E-state index is 14.2. The third-order valence-electron chi connectivity index (χ3n) is 3.67. The van der Waals surface area contributed by atoms with Gasteiger partial charge in [-0.2, -0.15) is 0 Å². The Morgan fingerprint density at radius 2 is 2.40 bits per heavy atom. The van der Waals surface area contributed by atoms with Crippen LogP contribution in [0, 0.1) is 11.7 Å². The van der Waals surface area contributed by atoms with Crippen LogP contribution in [0.2, 0.25) is 0 Å². The Labute approximate surface area is 125 Å². The van der Waals surface area contributed by atoms with Gasteiger partial charge in [-0.1, -0.05) is 15.9 Å². The summed E-state index contributed by atoms with van der Waals surface area (Å²) in [5, 5.41) is 12.4. The summed E-state index contributed by atoms with van der Waals surface area (Å²) in [7, 11) is 0. The van der Waals surface area contributed by atoms with Gasteiger partial charge >= 0.3 is 0 Å². The SMILES string of the molecule is CC(=O)N[C@@]1(c2cc(Br)ccc2F)COCC[C@H]1CO. The van der Waals surface area contributed by atoms with Crippen molar-refractivity contribution in [3.63, 3.8) is 0 Å². The summed E-state index contributed by atoms with van der Waals surface area (Å²) < 4.78 is 20.4. The van der Waals surface area contributed by atoms with Crippen LogP contribution in [0.25, 0.3) is 0 Å². The van der Waals surface area contributed by atoms with E-state index in [1.807, 2.05) is 0 Å². The van der Waals surface area contributed by atoms with Crippen molar-refractivity contribution >= 4 is 21.8 Å². The lowest BCUT2D eigenvalue weighted by atomic mass is 9.75. The summed E-state index contributed by atoms with van der Waals surface area (Å²) in [6.45, 7) is 1.86. The number of nitrogens with one attached hydrogen (secondary N) is 1. The highest BCUT2D eigenvalue weighted by molar-refractivity contribution is 9.10. The van der Waals surface area contributed by atoms with Crippen molar-refractivity contribution in [1.29, 1.82) is 0 Å². The number of aliphatic hydroxyl groups excluding tert-OH is 1. The molecule has 2 atom stereocenters. The van der Waals surface area contributed by atoms with Crippen LogP contribution in [0.3, 0.4) is 0 Å². The first-order chi connectivity index (χ1) is 9.49. The Morgan fingerprint density at radius 3 is 3.05 bits per heavy atom. The molecule has 0 radical (unpaired) electrons. The Balaban J connectivity index is 2.55. The van der Waals surface area contributed by atoms with Crippen LogP contribution >= 0.6 is 15.9 Å². The maximum Gasteiger partial charge on any atom is 0.217 e. The molecule has 2 N–H and O–H groups in total. The van der Waals surface area contributed by atoms with Crippen LogP contribution in [0.4, 0.5) is 4.39 Å². The third-order valence-corrected chi connectivity index (χ3v) is 4.16. The molecule has 110 valence electrons. The molecule has 1 aromatic carbocycles. The molecule has 0 aliphatic carbocycles. The summed E-state index contributed by atoms with van der Waals surface area (Å²) in [5.41, 5.74) is -0.701. The van der Waals surface area contributed by atoms with E-state index < -0.39 is 11.4 Å². The van der Waals surface area contributed by atoms with E-state index >= 15 is 0 Å². The van der Waals surface area contributed by atoms with Gasteiger partial charge < -0.3 is 15.2 Å². The molecule has 6 heteroatoms. The van der Waals surface area contributed by atoms with E-state index in [-0.39, 0.29) is 25.0 Å². The predicted molar refractivity (Wildman–Crippen MR) is 75.6 cm³/mol. The molecule has 1 aromatic rings. The molecule has 0 bridgehead atoms. The second kappa shape index (κ2) is 6.20. The van der Waals surface area contributed by atoms with Crippen molar-refractivity contribution in [1.82, 2.24) is 5.32 Å². The minimum absolute atomic E-state index is 0.143. The fourth-order valence-electron chi connectivity index (χ4n) is 2.73. The van der Waals surface area contributed by atoms with Gasteiger partial charge in [-0.25, -0.2) is 4.39 Å². The standard InChI is InChI=1S/C14H17BrFNO3/c1-9(19)17-14(8-20-5-4-10(14)7-18)12-6-11(15)2-3-13(12)16/h2-3,6,10,18H,4-5,7-8H2,1H3,(H,17,19)/t10-,14-/m0/s1. The predicted octanol–water partition coefficient (Wildman–Crippen LogP) is 1.95. The molecular formula is C14H17BrFNO3. The number of carbonyl (C=O) groups is 1. The number of carbonyl (C=O) groups excluding carboxylic acids is 1. The van der Waals surface area contributed by atoms with Crippen molar-refractivity contribution in [2.75, 3.05) is 19.8 Å². The largest absolute Gasteiger partial charge is 0.396 e. The van der Waals surface area contributed by atoms with Gasteiger partial charge in [0.05, 0.1) is 12.1 Å². The van der Waals surface area contributed by atoms with Crippen molar-refractivity contribution in [2.45, 2.75) is 18.9 Å². The summed E-state index contributed by atoms with van der Waals surface area (Å²) in [6.07, 6.45) is 0.558. The minimum Gasteiger partial charge on any atom is -0.396 e. The highest BCUT2D eigenvalue weighted by Crippen LogP contribution is 2.38. The second-order valence-electron chi connectivity index (χ2n) is 5.00. The van der Waals surface area contributed by atoms with E-state index in [0.29, 0.717) is 23.1 Å². The van der Waals surface area contributed by atoms with Crippen molar-refractivity contribution < 1.29 is 19.0 Å². The lowest BCUT2D eigenvalue weighted by molar-refractivity contribution is -0.126. The Hall–Kier alpha value is -0.980. The zero-order chi connectivity index (χ0) is 14.8. The van der Waals surface area contributed by atoms with Crippen LogP contribution in [0.1, 0.15) is 18.9 Å². The highest BCUT2D eigenvalue weighted by Gasteiger charge is 2.45. The molecule has 1 saturated heterocycles. The zero-order valence-electron chi connectivity index (χ0n) is 11.2. The monoisotopic (exact) mass is 345 g/mol. The molecule has 0 saturated carbocycles. The summed E-state index contributed by atoms with van der Waals surface area (Å²) in [4.78, 5) is 11.6. The van der Waals surface area contributed by atoms with Crippen LogP contribution in [-0.4, -0.2) is 30.8 Å². The van der Waals surface area contributed by atoms with Gasteiger partial charge in [0.25, 0.3) is 0 Å². The van der Waals surface area contributed by atoms with Crippen LogP contribution in [0.15, 0.2) is 22.7 Å². The number of benzene rings is 1. The van der Waals surface area contributed by atoms with E-state index in [9.17, 15) is 14.3 Å².